The van der Waals surface area contributed by atoms with Gasteiger partial charge in [-0.1, -0.05) is 37.6 Å². The zero-order valence-electron chi connectivity index (χ0n) is 12.7. The van der Waals surface area contributed by atoms with E-state index in [2.05, 4.69) is 43.4 Å². The first-order chi connectivity index (χ1) is 9.63. The molecule has 20 heavy (non-hydrogen) atoms. The van der Waals surface area contributed by atoms with Gasteiger partial charge in [-0.2, -0.15) is 0 Å². The summed E-state index contributed by atoms with van der Waals surface area (Å²) >= 11 is 0. The maximum atomic E-state index is 10.4. The molecule has 1 aliphatic rings. The van der Waals surface area contributed by atoms with Crippen LogP contribution in [0.25, 0.3) is 0 Å². The second kappa shape index (κ2) is 7.21. The van der Waals surface area contributed by atoms with Crippen molar-refractivity contribution in [1.29, 1.82) is 0 Å². The molecule has 3 heteroatoms. The summed E-state index contributed by atoms with van der Waals surface area (Å²) in [4.78, 5) is 0. The van der Waals surface area contributed by atoms with Gasteiger partial charge >= 0.3 is 0 Å². The minimum absolute atomic E-state index is 0.262. The molecule has 0 amide bonds. The van der Waals surface area contributed by atoms with Gasteiger partial charge in [0.15, 0.2) is 0 Å². The van der Waals surface area contributed by atoms with Gasteiger partial charge in [-0.3, -0.25) is 0 Å². The molecule has 1 aromatic carbocycles. The number of hydrogen-bond acceptors (Lipinski definition) is 3. The molecule has 1 aromatic rings. The summed E-state index contributed by atoms with van der Waals surface area (Å²) in [5.41, 5.74) is 2.07. The molecule has 1 heterocycles. The predicted molar refractivity (Wildman–Crippen MR) is 81.9 cm³/mol. The minimum Gasteiger partial charge on any atom is -0.388 e. The van der Waals surface area contributed by atoms with Crippen LogP contribution >= 0.6 is 0 Å². The molecule has 3 nitrogen and oxygen atoms in total. The van der Waals surface area contributed by atoms with Gasteiger partial charge < -0.3 is 15.2 Å². The summed E-state index contributed by atoms with van der Waals surface area (Å²) in [6, 6.07) is 9.06. The number of rotatable bonds is 6. The molecule has 0 radical (unpaired) electrons. The van der Waals surface area contributed by atoms with E-state index in [1.54, 1.807) is 0 Å². The number of aliphatic hydroxyl groups is 1. The van der Waals surface area contributed by atoms with Gasteiger partial charge in [0, 0.05) is 38.6 Å². The molecule has 2 N–H and O–H groups in total. The van der Waals surface area contributed by atoms with E-state index in [4.69, 9.17) is 4.74 Å². The predicted octanol–water partition coefficient (Wildman–Crippen LogP) is 2.83. The van der Waals surface area contributed by atoms with Crippen LogP contribution in [0, 0.1) is 0 Å². The lowest BCUT2D eigenvalue weighted by Gasteiger charge is -2.33. The lowest BCUT2D eigenvalue weighted by Crippen LogP contribution is -2.45. The van der Waals surface area contributed by atoms with Crippen LogP contribution in [0.15, 0.2) is 24.3 Å². The maximum absolute atomic E-state index is 10.4. The first kappa shape index (κ1) is 15.5. The fourth-order valence-corrected chi connectivity index (χ4v) is 2.65. The molecule has 0 aliphatic carbocycles. The molecular weight excluding hydrogens is 250 g/mol. The number of ether oxygens (including phenoxy) is 1. The lowest BCUT2D eigenvalue weighted by atomic mass is 9.93. The fourth-order valence-electron chi connectivity index (χ4n) is 2.65. The van der Waals surface area contributed by atoms with E-state index < -0.39 is 5.60 Å². The van der Waals surface area contributed by atoms with Gasteiger partial charge in [0.2, 0.25) is 0 Å². The topological polar surface area (TPSA) is 41.5 Å². The lowest BCUT2D eigenvalue weighted by molar-refractivity contribution is -0.0626. The summed E-state index contributed by atoms with van der Waals surface area (Å²) in [7, 11) is 0. The molecule has 0 saturated carbocycles. The van der Waals surface area contributed by atoms with E-state index in [1.165, 1.54) is 17.5 Å². The third-order valence-electron chi connectivity index (χ3n) is 4.18. The molecule has 1 aliphatic heterocycles. The van der Waals surface area contributed by atoms with E-state index in [1.807, 2.05) is 0 Å². The smallest absolute Gasteiger partial charge is 0.0815 e. The van der Waals surface area contributed by atoms with Crippen molar-refractivity contribution in [1.82, 2.24) is 5.32 Å². The maximum Gasteiger partial charge on any atom is 0.0815 e. The van der Waals surface area contributed by atoms with Gasteiger partial charge in [0.1, 0.15) is 0 Å². The highest BCUT2D eigenvalue weighted by Crippen LogP contribution is 2.21. The highest BCUT2D eigenvalue weighted by atomic mass is 16.5. The van der Waals surface area contributed by atoms with Crippen molar-refractivity contribution < 1.29 is 9.84 Å². The molecule has 0 aromatic heterocycles. The molecular formula is C17H27NO2. The Bertz CT molecular complexity index is 396. The van der Waals surface area contributed by atoms with E-state index >= 15 is 0 Å². The molecule has 2 rings (SSSR count). The summed E-state index contributed by atoms with van der Waals surface area (Å²) < 4.78 is 5.30. The SMILES string of the molecule is CCCc1ccc(C(C)NCC2(O)CCOCC2)cc1. The van der Waals surface area contributed by atoms with Crippen molar-refractivity contribution >= 4 is 0 Å². The molecule has 1 fully saturated rings. The Kier molecular flexibility index (Phi) is 5.58. The van der Waals surface area contributed by atoms with Gasteiger partial charge in [-0.15, -0.1) is 0 Å². The summed E-state index contributed by atoms with van der Waals surface area (Å²) in [5.74, 6) is 0. The normalized spacial score (nSPS) is 19.8. The monoisotopic (exact) mass is 277 g/mol. The largest absolute Gasteiger partial charge is 0.388 e. The number of nitrogens with one attached hydrogen (secondary N) is 1. The minimum atomic E-state index is -0.603. The Balaban J connectivity index is 1.86. The van der Waals surface area contributed by atoms with Gasteiger partial charge in [0.25, 0.3) is 0 Å². The van der Waals surface area contributed by atoms with E-state index in [0.29, 0.717) is 19.8 Å². The van der Waals surface area contributed by atoms with Crippen LogP contribution in [0.5, 0.6) is 0 Å². The Hall–Kier alpha value is -0.900. The third kappa shape index (κ3) is 4.30. The van der Waals surface area contributed by atoms with Crippen LogP contribution in [-0.2, 0) is 11.2 Å². The van der Waals surface area contributed by atoms with Crippen molar-refractivity contribution in [3.63, 3.8) is 0 Å². The van der Waals surface area contributed by atoms with Gasteiger partial charge in [-0.25, -0.2) is 0 Å². The molecule has 0 spiro atoms. The highest BCUT2D eigenvalue weighted by molar-refractivity contribution is 5.24. The molecule has 1 unspecified atom stereocenters. The standard InChI is InChI=1S/C17H27NO2/c1-3-4-15-5-7-16(8-6-15)14(2)18-13-17(19)9-11-20-12-10-17/h5-8,14,18-19H,3-4,9-13H2,1-2H3. The average Bonchev–Trinajstić information content (AvgIpc) is 2.47. The highest BCUT2D eigenvalue weighted by Gasteiger charge is 2.29. The van der Waals surface area contributed by atoms with Crippen LogP contribution in [0.4, 0.5) is 0 Å². The Morgan fingerprint density at radius 3 is 2.50 bits per heavy atom. The summed E-state index contributed by atoms with van der Waals surface area (Å²) in [6.45, 7) is 6.31. The van der Waals surface area contributed by atoms with E-state index in [9.17, 15) is 5.11 Å². The number of hydrogen-bond donors (Lipinski definition) is 2. The first-order valence-corrected chi connectivity index (χ1v) is 7.75. The van der Waals surface area contributed by atoms with Crippen LogP contribution < -0.4 is 5.32 Å². The van der Waals surface area contributed by atoms with Crippen LogP contribution in [0.2, 0.25) is 0 Å². The Labute approximate surface area is 122 Å². The van der Waals surface area contributed by atoms with E-state index in [0.717, 1.165) is 19.3 Å². The number of aryl methyl sites for hydroxylation is 1. The second-order valence-electron chi connectivity index (χ2n) is 5.93. The average molecular weight is 277 g/mol. The molecule has 112 valence electrons. The molecule has 0 bridgehead atoms. The Morgan fingerprint density at radius 1 is 1.25 bits per heavy atom. The van der Waals surface area contributed by atoms with Gasteiger partial charge in [0.05, 0.1) is 5.60 Å². The van der Waals surface area contributed by atoms with Crippen molar-refractivity contribution in [3.8, 4) is 0 Å². The van der Waals surface area contributed by atoms with Crippen LogP contribution in [0.1, 0.15) is 50.3 Å². The van der Waals surface area contributed by atoms with Gasteiger partial charge in [-0.05, 0) is 24.5 Å². The van der Waals surface area contributed by atoms with Crippen LogP contribution in [-0.4, -0.2) is 30.5 Å². The van der Waals surface area contributed by atoms with Crippen molar-refractivity contribution in [2.45, 2.75) is 51.2 Å². The second-order valence-corrected chi connectivity index (χ2v) is 5.93. The quantitative estimate of drug-likeness (QED) is 0.840. The van der Waals surface area contributed by atoms with Crippen molar-refractivity contribution in [2.75, 3.05) is 19.8 Å². The van der Waals surface area contributed by atoms with E-state index in [-0.39, 0.29) is 6.04 Å². The molecule has 1 saturated heterocycles. The summed E-state index contributed by atoms with van der Waals surface area (Å²) in [6.07, 6.45) is 3.77. The first-order valence-electron chi connectivity index (χ1n) is 7.75. The fraction of sp³-hybridized carbons (Fsp3) is 0.647. The third-order valence-corrected chi connectivity index (χ3v) is 4.18. The zero-order valence-corrected chi connectivity index (χ0v) is 12.7. The Morgan fingerprint density at radius 2 is 1.90 bits per heavy atom. The molecule has 1 atom stereocenters. The van der Waals surface area contributed by atoms with Crippen molar-refractivity contribution in [3.05, 3.63) is 35.4 Å². The summed E-state index contributed by atoms with van der Waals surface area (Å²) in [5, 5.41) is 13.9. The number of benzene rings is 1. The zero-order chi connectivity index (χ0) is 14.4. The van der Waals surface area contributed by atoms with Crippen LogP contribution in [0.3, 0.4) is 0 Å². The van der Waals surface area contributed by atoms with Crippen molar-refractivity contribution in [2.24, 2.45) is 0 Å².